The fourth-order valence-electron chi connectivity index (χ4n) is 2.27. The zero-order chi connectivity index (χ0) is 19.2. The van der Waals surface area contributed by atoms with Crippen LogP contribution in [0.3, 0.4) is 0 Å². The summed E-state index contributed by atoms with van der Waals surface area (Å²) < 4.78 is 13.0. The van der Waals surface area contributed by atoms with Gasteiger partial charge in [-0.15, -0.1) is 11.3 Å². The summed E-state index contributed by atoms with van der Waals surface area (Å²) in [6, 6.07) is 12.9. The van der Waals surface area contributed by atoms with Gasteiger partial charge in [-0.25, -0.2) is 9.37 Å². The smallest absolute Gasteiger partial charge is 0.248 e. The first kappa shape index (κ1) is 18.5. The molecule has 0 bridgehead atoms. The van der Waals surface area contributed by atoms with Crippen molar-refractivity contribution >= 4 is 40.6 Å². The third kappa shape index (κ3) is 5.32. The minimum atomic E-state index is -0.294. The van der Waals surface area contributed by atoms with Crippen molar-refractivity contribution in [2.24, 2.45) is 0 Å². The van der Waals surface area contributed by atoms with Gasteiger partial charge in [0.25, 0.3) is 0 Å². The molecule has 0 unspecified atom stereocenters. The SMILES string of the molecule is CC(=O)Nc1ccc(NC(=O)/C=C/c2csc(-c3ccc(F)cc3)n2)cc1. The van der Waals surface area contributed by atoms with Gasteiger partial charge in [0.2, 0.25) is 11.8 Å². The summed E-state index contributed by atoms with van der Waals surface area (Å²) in [4.78, 5) is 27.4. The van der Waals surface area contributed by atoms with Gasteiger partial charge in [-0.05, 0) is 54.6 Å². The van der Waals surface area contributed by atoms with E-state index in [1.54, 1.807) is 42.5 Å². The van der Waals surface area contributed by atoms with Crippen LogP contribution in [-0.4, -0.2) is 16.8 Å². The molecule has 0 saturated heterocycles. The molecule has 3 aromatic rings. The molecule has 7 heteroatoms. The standard InChI is InChI=1S/C20H16FN3O2S/c1-13(25)22-16-6-8-17(9-7-16)23-19(26)11-10-18-12-27-20(24-18)14-2-4-15(21)5-3-14/h2-12H,1H3,(H,22,25)(H,23,26)/b11-10+. The lowest BCUT2D eigenvalue weighted by Crippen LogP contribution is -2.08. The van der Waals surface area contributed by atoms with Gasteiger partial charge in [0.15, 0.2) is 0 Å². The molecule has 5 nitrogen and oxygen atoms in total. The van der Waals surface area contributed by atoms with Gasteiger partial charge in [-0.2, -0.15) is 0 Å². The van der Waals surface area contributed by atoms with Gasteiger partial charge in [0, 0.05) is 35.3 Å². The number of amides is 2. The number of benzene rings is 2. The van der Waals surface area contributed by atoms with Gasteiger partial charge in [0.05, 0.1) is 5.69 Å². The third-order valence-corrected chi connectivity index (χ3v) is 4.40. The lowest BCUT2D eigenvalue weighted by molar-refractivity contribution is -0.114. The number of rotatable bonds is 5. The number of thiazole rings is 1. The Morgan fingerprint density at radius 1 is 1.00 bits per heavy atom. The first-order chi connectivity index (χ1) is 13.0. The van der Waals surface area contributed by atoms with Gasteiger partial charge < -0.3 is 10.6 Å². The van der Waals surface area contributed by atoms with E-state index >= 15 is 0 Å². The van der Waals surface area contributed by atoms with Crippen molar-refractivity contribution in [2.75, 3.05) is 10.6 Å². The number of halogens is 1. The molecule has 0 fully saturated rings. The Balaban J connectivity index is 1.60. The van der Waals surface area contributed by atoms with Crippen molar-refractivity contribution < 1.29 is 14.0 Å². The Bertz CT molecular complexity index is 979. The number of nitrogens with zero attached hydrogens (tertiary/aromatic N) is 1. The zero-order valence-corrected chi connectivity index (χ0v) is 15.2. The van der Waals surface area contributed by atoms with Crippen molar-refractivity contribution in [3.63, 3.8) is 0 Å². The maximum absolute atomic E-state index is 13.0. The van der Waals surface area contributed by atoms with Gasteiger partial charge in [-0.1, -0.05) is 0 Å². The van der Waals surface area contributed by atoms with Crippen LogP contribution < -0.4 is 10.6 Å². The maximum Gasteiger partial charge on any atom is 0.248 e. The number of anilines is 2. The van der Waals surface area contributed by atoms with Gasteiger partial charge in [0.1, 0.15) is 10.8 Å². The van der Waals surface area contributed by atoms with Gasteiger partial charge >= 0.3 is 0 Å². The highest BCUT2D eigenvalue weighted by molar-refractivity contribution is 7.13. The minimum absolute atomic E-state index is 0.155. The molecule has 136 valence electrons. The first-order valence-corrected chi connectivity index (χ1v) is 8.96. The molecule has 2 amide bonds. The Hall–Kier alpha value is -3.32. The summed E-state index contributed by atoms with van der Waals surface area (Å²) in [6.45, 7) is 1.43. The molecule has 1 aromatic heterocycles. The van der Waals surface area contributed by atoms with E-state index in [1.807, 2.05) is 5.38 Å². The molecule has 0 aliphatic carbocycles. The van der Waals surface area contributed by atoms with E-state index in [-0.39, 0.29) is 17.6 Å². The minimum Gasteiger partial charge on any atom is -0.326 e. The summed E-state index contributed by atoms with van der Waals surface area (Å²) in [5.41, 5.74) is 2.75. The highest BCUT2D eigenvalue weighted by Crippen LogP contribution is 2.24. The maximum atomic E-state index is 13.0. The summed E-state index contributed by atoms with van der Waals surface area (Å²) in [5, 5.41) is 7.97. The summed E-state index contributed by atoms with van der Waals surface area (Å²) >= 11 is 1.42. The average Bonchev–Trinajstić information content (AvgIpc) is 3.11. The van der Waals surface area contributed by atoms with Crippen LogP contribution in [0.25, 0.3) is 16.6 Å². The van der Waals surface area contributed by atoms with E-state index in [4.69, 9.17) is 0 Å². The van der Waals surface area contributed by atoms with Gasteiger partial charge in [-0.3, -0.25) is 9.59 Å². The topological polar surface area (TPSA) is 71.1 Å². The Morgan fingerprint density at radius 2 is 1.63 bits per heavy atom. The fraction of sp³-hybridized carbons (Fsp3) is 0.0500. The second-order valence-corrected chi connectivity index (χ2v) is 6.52. The van der Waals surface area contributed by atoms with Crippen LogP contribution in [0.2, 0.25) is 0 Å². The molecule has 0 radical (unpaired) electrons. The number of nitrogens with one attached hydrogen (secondary N) is 2. The first-order valence-electron chi connectivity index (χ1n) is 8.08. The monoisotopic (exact) mass is 381 g/mol. The number of carbonyl (C=O) groups excluding carboxylic acids is 2. The number of hydrogen-bond donors (Lipinski definition) is 2. The highest BCUT2D eigenvalue weighted by Gasteiger charge is 2.04. The molecular weight excluding hydrogens is 365 g/mol. The van der Waals surface area contributed by atoms with Crippen molar-refractivity contribution in [1.29, 1.82) is 0 Å². The van der Waals surface area contributed by atoms with E-state index in [1.165, 1.54) is 36.5 Å². The third-order valence-electron chi connectivity index (χ3n) is 3.49. The fourth-order valence-corrected chi connectivity index (χ4v) is 3.07. The molecule has 0 aliphatic rings. The summed E-state index contributed by atoms with van der Waals surface area (Å²) in [5.74, 6) is -0.742. The number of carbonyl (C=O) groups is 2. The Labute approximate surface area is 159 Å². The zero-order valence-electron chi connectivity index (χ0n) is 14.4. The number of hydrogen-bond acceptors (Lipinski definition) is 4. The quantitative estimate of drug-likeness (QED) is 0.637. The Kier molecular flexibility index (Phi) is 5.73. The normalized spacial score (nSPS) is 10.7. The molecule has 2 N–H and O–H groups in total. The predicted octanol–water partition coefficient (Wildman–Crippen LogP) is 4.56. The van der Waals surface area contributed by atoms with Crippen LogP contribution in [0.5, 0.6) is 0 Å². The summed E-state index contributed by atoms with van der Waals surface area (Å²) in [6.07, 6.45) is 3.01. The van der Waals surface area contributed by atoms with E-state index in [0.29, 0.717) is 17.1 Å². The van der Waals surface area contributed by atoms with Crippen molar-refractivity contribution in [3.8, 4) is 10.6 Å². The molecular formula is C20H16FN3O2S. The predicted molar refractivity (Wildman–Crippen MR) is 106 cm³/mol. The van der Waals surface area contributed by atoms with Crippen LogP contribution in [0.4, 0.5) is 15.8 Å². The van der Waals surface area contributed by atoms with Crippen LogP contribution >= 0.6 is 11.3 Å². The van der Waals surface area contributed by atoms with Crippen LogP contribution in [0.1, 0.15) is 12.6 Å². The Morgan fingerprint density at radius 3 is 2.26 bits per heavy atom. The number of aromatic nitrogens is 1. The van der Waals surface area contributed by atoms with Crippen molar-refractivity contribution in [1.82, 2.24) is 4.98 Å². The summed E-state index contributed by atoms with van der Waals surface area (Å²) in [7, 11) is 0. The lowest BCUT2D eigenvalue weighted by atomic mass is 10.2. The molecule has 2 aromatic carbocycles. The molecule has 0 spiro atoms. The molecule has 27 heavy (non-hydrogen) atoms. The second kappa shape index (κ2) is 8.37. The second-order valence-electron chi connectivity index (χ2n) is 5.67. The molecule has 1 heterocycles. The lowest BCUT2D eigenvalue weighted by Gasteiger charge is -2.04. The molecule has 0 aliphatic heterocycles. The average molecular weight is 381 g/mol. The van der Waals surface area contributed by atoms with Crippen LogP contribution in [0, 0.1) is 5.82 Å². The van der Waals surface area contributed by atoms with E-state index < -0.39 is 0 Å². The van der Waals surface area contributed by atoms with Crippen molar-refractivity contribution in [2.45, 2.75) is 6.92 Å². The molecule has 0 saturated carbocycles. The molecule has 3 rings (SSSR count). The van der Waals surface area contributed by atoms with E-state index in [0.717, 1.165) is 10.6 Å². The highest BCUT2D eigenvalue weighted by atomic mass is 32.1. The van der Waals surface area contributed by atoms with Crippen LogP contribution in [-0.2, 0) is 9.59 Å². The molecule has 0 atom stereocenters. The van der Waals surface area contributed by atoms with Crippen LogP contribution in [0.15, 0.2) is 60.0 Å². The largest absolute Gasteiger partial charge is 0.326 e. The van der Waals surface area contributed by atoms with Crippen molar-refractivity contribution in [3.05, 3.63) is 71.5 Å². The van der Waals surface area contributed by atoms with E-state index in [9.17, 15) is 14.0 Å². The van der Waals surface area contributed by atoms with E-state index in [2.05, 4.69) is 15.6 Å².